The lowest BCUT2D eigenvalue weighted by Gasteiger charge is -2.27. The van der Waals surface area contributed by atoms with Gasteiger partial charge in [-0.25, -0.2) is 5.06 Å². The van der Waals surface area contributed by atoms with Crippen LogP contribution in [0.1, 0.15) is 11.6 Å². The number of hydrogen-bond donors (Lipinski definition) is 1. The van der Waals surface area contributed by atoms with Crippen LogP contribution in [0.25, 0.3) is 0 Å². The minimum absolute atomic E-state index is 0.276. The number of carbonyl (C=O) groups is 2. The van der Waals surface area contributed by atoms with Crippen molar-refractivity contribution in [3.8, 4) is 0 Å². The molecule has 2 aromatic rings. The topological polar surface area (TPSA) is 58.6 Å². The highest BCUT2D eigenvalue weighted by Crippen LogP contribution is 2.44. The fourth-order valence-corrected chi connectivity index (χ4v) is 3.12. The second-order valence-corrected chi connectivity index (χ2v) is 5.42. The predicted molar refractivity (Wildman–Crippen MR) is 79.6 cm³/mol. The molecule has 3 atom stereocenters. The molecule has 110 valence electrons. The normalized spacial score (nSPS) is 26.9. The average molecular weight is 294 g/mol. The van der Waals surface area contributed by atoms with Gasteiger partial charge in [-0.05, 0) is 17.7 Å². The Kier molecular flexibility index (Phi) is 2.94. The Morgan fingerprint density at radius 1 is 0.864 bits per heavy atom. The molecule has 1 N–H and O–H groups in total. The van der Waals surface area contributed by atoms with Crippen molar-refractivity contribution in [2.75, 3.05) is 5.06 Å². The Balaban J connectivity index is 1.81. The van der Waals surface area contributed by atoms with Crippen LogP contribution < -0.4 is 10.4 Å². The van der Waals surface area contributed by atoms with Crippen molar-refractivity contribution < 1.29 is 14.4 Å². The molecule has 2 amide bonds. The summed E-state index contributed by atoms with van der Waals surface area (Å²) in [4.78, 5) is 29.9. The van der Waals surface area contributed by atoms with Crippen LogP contribution in [0.4, 0.5) is 5.69 Å². The zero-order valence-electron chi connectivity index (χ0n) is 11.7. The smallest absolute Gasteiger partial charge is 0.259 e. The van der Waals surface area contributed by atoms with E-state index in [2.05, 4.69) is 5.32 Å². The number of hydrogen-bond acceptors (Lipinski definition) is 4. The number of carbonyl (C=O) groups excluding carboxylic acids is 2. The average Bonchev–Trinajstić information content (AvgIpc) is 3.08. The highest BCUT2D eigenvalue weighted by molar-refractivity contribution is 6.07. The summed E-state index contributed by atoms with van der Waals surface area (Å²) < 4.78 is 0. The van der Waals surface area contributed by atoms with Gasteiger partial charge in [-0.2, -0.15) is 0 Å². The molecule has 2 heterocycles. The second kappa shape index (κ2) is 4.96. The van der Waals surface area contributed by atoms with E-state index in [1.54, 1.807) is 5.06 Å². The van der Waals surface area contributed by atoms with Crippen LogP contribution >= 0.6 is 0 Å². The van der Waals surface area contributed by atoms with Gasteiger partial charge in [0.25, 0.3) is 5.91 Å². The number of nitrogens with one attached hydrogen (secondary N) is 1. The van der Waals surface area contributed by atoms with Crippen LogP contribution in [0.15, 0.2) is 60.7 Å². The first-order valence-electron chi connectivity index (χ1n) is 7.16. The number of nitrogens with zero attached hydrogens (tertiary/aromatic N) is 1. The third-order valence-corrected chi connectivity index (χ3v) is 4.11. The lowest BCUT2D eigenvalue weighted by atomic mass is 9.91. The maximum atomic E-state index is 12.2. The number of para-hydroxylation sites is 1. The monoisotopic (exact) mass is 294 g/mol. The molecule has 0 saturated carbocycles. The van der Waals surface area contributed by atoms with Crippen LogP contribution in [0, 0.1) is 5.92 Å². The van der Waals surface area contributed by atoms with E-state index in [0.29, 0.717) is 0 Å². The Bertz CT molecular complexity index is 717. The van der Waals surface area contributed by atoms with Crippen molar-refractivity contribution in [1.82, 2.24) is 5.32 Å². The lowest BCUT2D eigenvalue weighted by molar-refractivity contribution is -0.129. The Morgan fingerprint density at radius 3 is 2.18 bits per heavy atom. The molecule has 0 aromatic heterocycles. The molecule has 2 aliphatic heterocycles. The molecular formula is C17H14N2O3. The number of anilines is 1. The van der Waals surface area contributed by atoms with Crippen LogP contribution in [0.2, 0.25) is 0 Å². The molecule has 4 rings (SSSR count). The molecule has 0 bridgehead atoms. The number of benzene rings is 2. The van der Waals surface area contributed by atoms with Crippen molar-refractivity contribution in [1.29, 1.82) is 0 Å². The van der Waals surface area contributed by atoms with Crippen molar-refractivity contribution in [2.45, 2.75) is 12.1 Å². The van der Waals surface area contributed by atoms with Crippen molar-refractivity contribution in [2.24, 2.45) is 5.92 Å². The second-order valence-electron chi connectivity index (χ2n) is 5.42. The zero-order chi connectivity index (χ0) is 15.1. The third kappa shape index (κ3) is 1.90. The third-order valence-electron chi connectivity index (χ3n) is 4.11. The van der Waals surface area contributed by atoms with Gasteiger partial charge in [0.1, 0.15) is 5.92 Å². The van der Waals surface area contributed by atoms with Gasteiger partial charge in [0.2, 0.25) is 5.91 Å². The minimum atomic E-state index is -0.766. The molecule has 22 heavy (non-hydrogen) atoms. The summed E-state index contributed by atoms with van der Waals surface area (Å²) in [5.41, 5.74) is 1.77. The van der Waals surface area contributed by atoms with Gasteiger partial charge >= 0.3 is 0 Å². The summed E-state index contributed by atoms with van der Waals surface area (Å²) in [6, 6.07) is 18.8. The summed E-state index contributed by atoms with van der Waals surface area (Å²) >= 11 is 0. The van der Waals surface area contributed by atoms with E-state index < -0.39 is 12.0 Å². The Labute approximate surface area is 127 Å². The summed E-state index contributed by atoms with van der Waals surface area (Å²) in [7, 11) is 0. The van der Waals surface area contributed by atoms with Crippen LogP contribution in [-0.2, 0) is 14.4 Å². The molecule has 0 aliphatic carbocycles. The standard InChI is InChI=1S/C17H14N2O3/c20-16-13-14(11-7-3-1-4-8-11)19(12-9-5-2-6-10-12)22-15(13)17(21)18-16/h1-10,13-15H,(H,18,20,21). The van der Waals surface area contributed by atoms with Crippen LogP contribution in [0.5, 0.6) is 0 Å². The number of imide groups is 1. The van der Waals surface area contributed by atoms with E-state index in [1.807, 2.05) is 60.7 Å². The van der Waals surface area contributed by atoms with Crippen LogP contribution in [-0.4, -0.2) is 17.9 Å². The van der Waals surface area contributed by atoms with E-state index in [4.69, 9.17) is 4.84 Å². The molecule has 2 aliphatic rings. The van der Waals surface area contributed by atoms with Crippen molar-refractivity contribution in [3.63, 3.8) is 0 Å². The van der Waals surface area contributed by atoms with Crippen molar-refractivity contribution >= 4 is 17.5 Å². The van der Waals surface area contributed by atoms with Gasteiger partial charge in [0.15, 0.2) is 6.10 Å². The first-order chi connectivity index (χ1) is 10.8. The molecule has 2 saturated heterocycles. The molecule has 5 heteroatoms. The molecule has 0 spiro atoms. The predicted octanol–water partition coefficient (Wildman–Crippen LogP) is 1.82. The summed E-state index contributed by atoms with van der Waals surface area (Å²) in [6.07, 6.45) is -0.766. The van der Waals surface area contributed by atoms with Gasteiger partial charge in [0, 0.05) is 0 Å². The van der Waals surface area contributed by atoms with Gasteiger partial charge < -0.3 is 0 Å². The Morgan fingerprint density at radius 2 is 1.50 bits per heavy atom. The highest BCUT2D eigenvalue weighted by Gasteiger charge is 2.56. The summed E-state index contributed by atoms with van der Waals surface area (Å²) in [6.45, 7) is 0. The number of amides is 2. The largest absolute Gasteiger partial charge is 0.294 e. The van der Waals surface area contributed by atoms with E-state index in [0.717, 1.165) is 11.3 Å². The lowest BCUT2D eigenvalue weighted by Crippen LogP contribution is -2.33. The van der Waals surface area contributed by atoms with Gasteiger partial charge in [-0.15, -0.1) is 0 Å². The van der Waals surface area contributed by atoms with E-state index in [1.165, 1.54) is 0 Å². The fraction of sp³-hybridized carbons (Fsp3) is 0.176. The molecule has 3 unspecified atom stereocenters. The van der Waals surface area contributed by atoms with Crippen LogP contribution in [0.3, 0.4) is 0 Å². The zero-order valence-corrected chi connectivity index (χ0v) is 11.7. The van der Waals surface area contributed by atoms with Crippen molar-refractivity contribution in [3.05, 3.63) is 66.2 Å². The Hall–Kier alpha value is -2.66. The summed E-state index contributed by atoms with van der Waals surface area (Å²) in [5, 5.41) is 4.04. The molecule has 0 radical (unpaired) electrons. The maximum Gasteiger partial charge on any atom is 0.259 e. The number of fused-ring (bicyclic) bond motifs is 1. The van der Waals surface area contributed by atoms with E-state index >= 15 is 0 Å². The van der Waals surface area contributed by atoms with Gasteiger partial charge in [-0.3, -0.25) is 19.7 Å². The highest BCUT2D eigenvalue weighted by atomic mass is 16.7. The van der Waals surface area contributed by atoms with Gasteiger partial charge in [-0.1, -0.05) is 48.5 Å². The van der Waals surface area contributed by atoms with E-state index in [-0.39, 0.29) is 17.9 Å². The fourth-order valence-electron chi connectivity index (χ4n) is 3.12. The first kappa shape index (κ1) is 13.0. The molecule has 2 fully saturated rings. The molecule has 5 nitrogen and oxygen atoms in total. The number of hydroxylamine groups is 1. The molecule has 2 aromatic carbocycles. The minimum Gasteiger partial charge on any atom is -0.294 e. The number of rotatable bonds is 2. The summed E-state index contributed by atoms with van der Waals surface area (Å²) in [5.74, 6) is -1.17. The maximum absolute atomic E-state index is 12.2. The molecular weight excluding hydrogens is 280 g/mol. The van der Waals surface area contributed by atoms with E-state index in [9.17, 15) is 9.59 Å². The first-order valence-corrected chi connectivity index (χ1v) is 7.16. The quantitative estimate of drug-likeness (QED) is 0.858. The van der Waals surface area contributed by atoms with Gasteiger partial charge in [0.05, 0.1) is 11.7 Å². The SMILES string of the molecule is O=C1NC(=O)C2C1ON(c1ccccc1)C2c1ccccc1.